The molecule has 1 saturated heterocycles. The van der Waals surface area contributed by atoms with E-state index in [4.69, 9.17) is 14.6 Å². The summed E-state index contributed by atoms with van der Waals surface area (Å²) in [6, 6.07) is 6.16. The molecule has 1 aromatic carbocycles. The van der Waals surface area contributed by atoms with E-state index in [9.17, 15) is 40.7 Å². The highest BCUT2D eigenvalue weighted by molar-refractivity contribution is 6.27. The first-order chi connectivity index (χ1) is 20.6. The quantitative estimate of drug-likeness (QED) is 0.237. The highest BCUT2D eigenvalue weighted by Gasteiger charge is 2.40. The first kappa shape index (κ1) is 31.4. The monoisotopic (exact) mass is 624 g/mol. The molecule has 5 rings (SSSR count). The number of nitrogens with zero attached hydrogens (tertiary/aromatic N) is 5. The third-order valence-electron chi connectivity index (χ3n) is 5.92. The predicted molar refractivity (Wildman–Crippen MR) is 139 cm³/mol. The van der Waals surface area contributed by atoms with E-state index < -0.39 is 47.9 Å². The number of ether oxygens (including phenoxy) is 1. The molecule has 0 atom stereocenters. The van der Waals surface area contributed by atoms with Crippen molar-refractivity contribution in [3.63, 3.8) is 0 Å². The Morgan fingerprint density at radius 3 is 2.32 bits per heavy atom. The number of aliphatic carboxylic acids is 1. The van der Waals surface area contributed by atoms with Gasteiger partial charge in [0.25, 0.3) is 11.5 Å². The van der Waals surface area contributed by atoms with E-state index in [1.54, 1.807) is 18.2 Å². The molecule has 0 bridgehead atoms. The molecule has 0 spiro atoms. The lowest BCUT2D eigenvalue weighted by Gasteiger charge is -2.19. The predicted octanol–water partition coefficient (Wildman–Crippen LogP) is 4.69. The Morgan fingerprint density at radius 2 is 1.68 bits per heavy atom. The number of aromatic amines is 1. The van der Waals surface area contributed by atoms with Gasteiger partial charge < -0.3 is 14.8 Å². The Kier molecular flexibility index (Phi) is 8.54. The molecule has 2 N–H and O–H groups in total. The summed E-state index contributed by atoms with van der Waals surface area (Å²) in [6.45, 7) is 1.40. The van der Waals surface area contributed by atoms with E-state index >= 15 is 0 Å². The van der Waals surface area contributed by atoms with Gasteiger partial charge in [0.15, 0.2) is 11.4 Å². The normalized spacial score (nSPS) is 13.6. The fourth-order valence-electron chi connectivity index (χ4n) is 3.90. The van der Waals surface area contributed by atoms with Gasteiger partial charge in [-0.2, -0.15) is 26.3 Å². The van der Waals surface area contributed by atoms with E-state index in [-0.39, 0.29) is 17.0 Å². The molecule has 44 heavy (non-hydrogen) atoms. The third kappa shape index (κ3) is 6.74. The number of aryl methyl sites for hydroxylation is 1. The van der Waals surface area contributed by atoms with Crippen LogP contribution in [0.25, 0.3) is 11.2 Å². The Hall–Kier alpha value is -5.55. The summed E-state index contributed by atoms with van der Waals surface area (Å²) in [4.78, 5) is 62.5. The van der Waals surface area contributed by atoms with Crippen molar-refractivity contribution in [3.8, 4) is 11.5 Å². The van der Waals surface area contributed by atoms with Crippen LogP contribution in [0.1, 0.15) is 18.1 Å². The Balaban J connectivity index is 0.000000566. The third-order valence-corrected chi connectivity index (χ3v) is 5.92. The van der Waals surface area contributed by atoms with Crippen molar-refractivity contribution in [2.75, 3.05) is 16.3 Å². The number of anilines is 2. The van der Waals surface area contributed by atoms with Gasteiger partial charge in [0, 0.05) is 18.5 Å². The average Bonchev–Trinajstić information content (AvgIpc) is 3.26. The summed E-state index contributed by atoms with van der Waals surface area (Å²) in [5.41, 5.74) is -0.148. The van der Waals surface area contributed by atoms with E-state index in [0.29, 0.717) is 35.2 Å². The maximum atomic E-state index is 13.1. The number of carbonyl (C=O) groups is 3. The van der Waals surface area contributed by atoms with Gasteiger partial charge in [0.05, 0.1) is 29.3 Å². The highest BCUT2D eigenvalue weighted by atomic mass is 19.4. The summed E-state index contributed by atoms with van der Waals surface area (Å²) in [6.07, 6.45) is -4.96. The van der Waals surface area contributed by atoms with E-state index in [2.05, 4.69) is 19.9 Å². The van der Waals surface area contributed by atoms with Gasteiger partial charge in [-0.15, -0.1) is 0 Å². The fourth-order valence-corrected chi connectivity index (χ4v) is 3.90. The second-order valence-corrected chi connectivity index (χ2v) is 8.83. The number of pyridine rings is 2. The van der Waals surface area contributed by atoms with Crippen molar-refractivity contribution in [1.82, 2.24) is 19.9 Å². The number of carboxylic acid groups (broad SMARTS) is 1. The van der Waals surface area contributed by atoms with Crippen LogP contribution in [0.15, 0.2) is 59.9 Å². The van der Waals surface area contributed by atoms with Crippen LogP contribution in [0.5, 0.6) is 11.5 Å². The maximum Gasteiger partial charge on any atom is 0.490 e. The number of carbonyl (C=O) groups excluding carboxylic acids is 2. The van der Waals surface area contributed by atoms with Crippen molar-refractivity contribution >= 4 is 40.4 Å². The number of nitrogens with one attached hydrogen (secondary N) is 1. The van der Waals surface area contributed by atoms with Gasteiger partial charge in [-0.05, 0) is 36.2 Å². The molecule has 0 unspecified atom stereocenters. The molecule has 4 aromatic rings. The van der Waals surface area contributed by atoms with Crippen LogP contribution in [0.3, 0.4) is 0 Å². The summed E-state index contributed by atoms with van der Waals surface area (Å²) in [7, 11) is 0. The first-order valence-electron chi connectivity index (χ1n) is 12.2. The van der Waals surface area contributed by atoms with E-state index in [1.165, 1.54) is 12.3 Å². The molecular formula is C26H18F6N6O6. The fraction of sp³-hybridized carbons (Fsp3) is 0.192. The van der Waals surface area contributed by atoms with Crippen LogP contribution in [-0.2, 0) is 22.2 Å². The molecular weight excluding hydrogens is 606 g/mol. The molecule has 4 heterocycles. The number of aromatic nitrogens is 4. The van der Waals surface area contributed by atoms with Crippen LogP contribution < -0.4 is 20.1 Å². The number of hydrogen-bond donors (Lipinski definition) is 2. The lowest BCUT2D eigenvalue weighted by atomic mass is 10.1. The zero-order valence-electron chi connectivity index (χ0n) is 22.1. The summed E-state index contributed by atoms with van der Waals surface area (Å²) < 4.78 is 77.0. The lowest BCUT2D eigenvalue weighted by Crippen LogP contribution is -2.33. The zero-order valence-corrected chi connectivity index (χ0v) is 22.1. The Bertz CT molecular complexity index is 1810. The highest BCUT2D eigenvalue weighted by Crippen LogP contribution is 2.35. The van der Waals surface area contributed by atoms with Crippen LogP contribution in [0, 0.1) is 0 Å². The van der Waals surface area contributed by atoms with E-state index in [1.807, 2.05) is 6.92 Å². The van der Waals surface area contributed by atoms with Gasteiger partial charge >= 0.3 is 24.4 Å². The average molecular weight is 624 g/mol. The molecule has 3 amide bonds. The molecule has 0 aliphatic carbocycles. The van der Waals surface area contributed by atoms with Crippen molar-refractivity contribution in [3.05, 3.63) is 76.6 Å². The molecule has 0 radical (unpaired) electrons. The molecule has 1 fully saturated rings. The van der Waals surface area contributed by atoms with Crippen molar-refractivity contribution < 1.29 is 50.6 Å². The zero-order chi connectivity index (χ0) is 32.4. The molecule has 3 aromatic heterocycles. The topological polar surface area (TPSA) is 159 Å². The Labute approximate surface area is 241 Å². The van der Waals surface area contributed by atoms with Gasteiger partial charge in [0.1, 0.15) is 17.8 Å². The maximum absolute atomic E-state index is 13.1. The largest absolute Gasteiger partial charge is 0.490 e. The Morgan fingerprint density at radius 1 is 0.977 bits per heavy atom. The standard InChI is InChI=1S/C24H17F3N6O4.C2HF3O2/c1-2-13-7-15(3-4-17(13)37-18-5-6-29-22-21(18)31-19(34)11-30-22)33-20(35)12-32(23(33)36)16-8-14(9-28-10-16)24(25,26)27;3-2(4,5)1(6)7/h3-11H,2,12H2,1H3,(H,31,34);(H,6,7). The van der Waals surface area contributed by atoms with Crippen LogP contribution in [0.2, 0.25) is 0 Å². The summed E-state index contributed by atoms with van der Waals surface area (Å²) >= 11 is 0. The smallest absolute Gasteiger partial charge is 0.475 e. The molecule has 18 heteroatoms. The number of rotatable bonds is 5. The van der Waals surface area contributed by atoms with Gasteiger partial charge in [-0.25, -0.2) is 24.5 Å². The van der Waals surface area contributed by atoms with Crippen LogP contribution >= 0.6 is 0 Å². The number of H-pyrrole nitrogens is 1. The number of alkyl halides is 6. The number of imide groups is 1. The van der Waals surface area contributed by atoms with Crippen molar-refractivity contribution in [1.29, 1.82) is 0 Å². The second-order valence-electron chi connectivity index (χ2n) is 8.83. The second kappa shape index (κ2) is 12.0. The summed E-state index contributed by atoms with van der Waals surface area (Å²) in [5.74, 6) is -2.66. The van der Waals surface area contributed by atoms with Crippen molar-refractivity contribution in [2.24, 2.45) is 0 Å². The number of benzene rings is 1. The number of urea groups is 1. The lowest BCUT2D eigenvalue weighted by molar-refractivity contribution is -0.192. The number of fused-ring (bicyclic) bond motifs is 1. The minimum atomic E-state index is -5.08. The van der Waals surface area contributed by atoms with Crippen LogP contribution in [-0.4, -0.2) is 55.7 Å². The minimum Gasteiger partial charge on any atom is -0.475 e. The first-order valence-corrected chi connectivity index (χ1v) is 12.2. The molecule has 1 aliphatic heterocycles. The molecule has 0 saturated carbocycles. The molecule has 12 nitrogen and oxygen atoms in total. The van der Waals surface area contributed by atoms with Gasteiger partial charge in [-0.1, -0.05) is 6.92 Å². The van der Waals surface area contributed by atoms with Gasteiger partial charge in [0.2, 0.25) is 0 Å². The van der Waals surface area contributed by atoms with Gasteiger partial charge in [-0.3, -0.25) is 19.5 Å². The minimum absolute atomic E-state index is 0.140. The number of halogens is 6. The van der Waals surface area contributed by atoms with Crippen LogP contribution in [0.4, 0.5) is 42.5 Å². The molecule has 1 aliphatic rings. The van der Waals surface area contributed by atoms with E-state index in [0.717, 1.165) is 28.3 Å². The number of hydrogen-bond acceptors (Lipinski definition) is 8. The molecule has 230 valence electrons. The summed E-state index contributed by atoms with van der Waals surface area (Å²) in [5, 5.41) is 7.12. The number of amides is 3. The number of carboxylic acids is 1. The SMILES string of the molecule is CCc1cc(N2C(=O)CN(c3cncc(C(F)(F)F)c3)C2=O)ccc1Oc1ccnc2ncc(=O)[nH]c12.O=C(O)C(F)(F)F. The van der Waals surface area contributed by atoms with Crippen molar-refractivity contribution in [2.45, 2.75) is 25.7 Å².